The van der Waals surface area contributed by atoms with Crippen molar-refractivity contribution in [3.05, 3.63) is 0 Å². The molecule has 15 heavy (non-hydrogen) atoms. The fraction of sp³-hybridized carbons (Fsp3) is 1.00. The average Bonchev–Trinajstić information content (AvgIpc) is 2.16. The van der Waals surface area contributed by atoms with Crippen LogP contribution in [0.2, 0.25) is 0 Å². The third kappa shape index (κ3) is 3.48. The molecule has 0 aliphatic heterocycles. The Hall–Kier alpha value is -0.0400. The van der Waals surface area contributed by atoms with Gasteiger partial charge >= 0.3 is 0 Å². The lowest BCUT2D eigenvalue weighted by Crippen LogP contribution is -2.59. The van der Waals surface area contributed by atoms with Crippen LogP contribution >= 0.6 is 0 Å². The van der Waals surface area contributed by atoms with Crippen molar-refractivity contribution >= 4 is 0 Å². The second kappa shape index (κ2) is 5.34. The van der Waals surface area contributed by atoms with Crippen LogP contribution in [-0.2, 0) is 0 Å². The summed E-state index contributed by atoms with van der Waals surface area (Å²) in [5, 5.41) is 3.91. The van der Waals surface area contributed by atoms with Crippen molar-refractivity contribution in [1.82, 2.24) is 5.32 Å². The molecular weight excluding hydrogens is 182 g/mol. The van der Waals surface area contributed by atoms with Crippen LogP contribution in [-0.4, -0.2) is 11.1 Å². The monoisotopic (exact) mass is 213 g/mol. The van der Waals surface area contributed by atoms with Gasteiger partial charge in [-0.05, 0) is 38.5 Å². The Labute approximate surface area is 97.0 Å². The maximum Gasteiger partial charge on any atom is 0.0178 e. The second-order valence-corrected chi connectivity index (χ2v) is 5.98. The zero-order valence-corrected chi connectivity index (χ0v) is 12.1. The van der Waals surface area contributed by atoms with E-state index in [0.29, 0.717) is 11.8 Å². The van der Waals surface area contributed by atoms with E-state index in [9.17, 15) is 0 Å². The van der Waals surface area contributed by atoms with E-state index in [1.807, 2.05) is 0 Å². The summed E-state index contributed by atoms with van der Waals surface area (Å²) in [4.78, 5) is 0. The molecule has 0 saturated carbocycles. The fourth-order valence-electron chi connectivity index (χ4n) is 1.93. The highest BCUT2D eigenvalue weighted by Crippen LogP contribution is 2.29. The number of hydrogen-bond acceptors (Lipinski definition) is 1. The van der Waals surface area contributed by atoms with Crippen LogP contribution in [0.5, 0.6) is 0 Å². The van der Waals surface area contributed by atoms with Gasteiger partial charge in [-0.1, -0.05) is 41.5 Å². The van der Waals surface area contributed by atoms with Gasteiger partial charge in [-0.2, -0.15) is 0 Å². The highest BCUT2D eigenvalue weighted by Gasteiger charge is 2.35. The molecule has 0 aliphatic rings. The van der Waals surface area contributed by atoms with E-state index in [2.05, 4.69) is 60.7 Å². The molecule has 2 unspecified atom stereocenters. The summed E-state index contributed by atoms with van der Waals surface area (Å²) in [5.41, 5.74) is 0.518. The van der Waals surface area contributed by atoms with Gasteiger partial charge in [-0.15, -0.1) is 0 Å². The van der Waals surface area contributed by atoms with Gasteiger partial charge in [0.2, 0.25) is 0 Å². The van der Waals surface area contributed by atoms with Crippen molar-refractivity contribution in [2.24, 2.45) is 11.8 Å². The van der Waals surface area contributed by atoms with Crippen molar-refractivity contribution in [3.8, 4) is 0 Å². The van der Waals surface area contributed by atoms with E-state index in [-0.39, 0.29) is 11.1 Å². The lowest BCUT2D eigenvalue weighted by molar-refractivity contribution is 0.133. The summed E-state index contributed by atoms with van der Waals surface area (Å²) in [7, 11) is 0. The first-order chi connectivity index (χ1) is 6.72. The quantitative estimate of drug-likeness (QED) is 0.696. The van der Waals surface area contributed by atoms with Crippen molar-refractivity contribution in [1.29, 1.82) is 0 Å². The van der Waals surface area contributed by atoms with Crippen molar-refractivity contribution in [2.75, 3.05) is 0 Å². The minimum Gasteiger partial charge on any atom is -0.306 e. The molecule has 1 N–H and O–H groups in total. The first kappa shape index (κ1) is 15.0. The van der Waals surface area contributed by atoms with Crippen LogP contribution in [0.1, 0.15) is 68.2 Å². The Balaban J connectivity index is 4.79. The molecule has 0 bridgehead atoms. The minimum absolute atomic E-state index is 0.259. The van der Waals surface area contributed by atoms with E-state index in [1.54, 1.807) is 0 Å². The van der Waals surface area contributed by atoms with E-state index >= 15 is 0 Å². The van der Waals surface area contributed by atoms with Gasteiger partial charge in [-0.3, -0.25) is 0 Å². The van der Waals surface area contributed by atoms with Gasteiger partial charge in [0.15, 0.2) is 0 Å². The van der Waals surface area contributed by atoms with Crippen LogP contribution in [0, 0.1) is 11.8 Å². The van der Waals surface area contributed by atoms with Crippen LogP contribution in [0.15, 0.2) is 0 Å². The first-order valence-electron chi connectivity index (χ1n) is 6.51. The predicted molar refractivity (Wildman–Crippen MR) is 70.2 cm³/mol. The summed E-state index contributed by atoms with van der Waals surface area (Å²) < 4.78 is 0. The molecule has 0 aromatic carbocycles. The Kier molecular flexibility index (Phi) is 5.32. The number of nitrogens with one attached hydrogen (secondary N) is 1. The van der Waals surface area contributed by atoms with Gasteiger partial charge < -0.3 is 5.32 Å². The smallest absolute Gasteiger partial charge is 0.0178 e. The number of hydrogen-bond donors (Lipinski definition) is 1. The van der Waals surface area contributed by atoms with Crippen molar-refractivity contribution < 1.29 is 0 Å². The summed E-state index contributed by atoms with van der Waals surface area (Å²) in [5.74, 6) is 1.35. The first-order valence-corrected chi connectivity index (χ1v) is 6.51. The van der Waals surface area contributed by atoms with Crippen molar-refractivity contribution in [2.45, 2.75) is 79.3 Å². The Bertz CT molecular complexity index is 166. The molecule has 0 fully saturated rings. The molecule has 0 spiro atoms. The molecule has 0 heterocycles. The molecule has 0 aromatic heterocycles. The largest absolute Gasteiger partial charge is 0.306 e. The van der Waals surface area contributed by atoms with E-state index < -0.39 is 0 Å². The van der Waals surface area contributed by atoms with Gasteiger partial charge in [0, 0.05) is 11.1 Å². The van der Waals surface area contributed by atoms with E-state index in [0.717, 1.165) is 0 Å². The summed E-state index contributed by atoms with van der Waals surface area (Å²) >= 11 is 0. The molecule has 0 saturated heterocycles. The maximum atomic E-state index is 3.91. The summed E-state index contributed by atoms with van der Waals surface area (Å²) in [6.45, 7) is 18.5. The van der Waals surface area contributed by atoms with Crippen molar-refractivity contribution in [3.63, 3.8) is 0 Å². The van der Waals surface area contributed by atoms with Gasteiger partial charge in [0.25, 0.3) is 0 Å². The van der Waals surface area contributed by atoms with E-state index in [4.69, 9.17) is 0 Å². The molecule has 2 atom stereocenters. The number of rotatable bonds is 6. The molecule has 0 aromatic rings. The zero-order chi connectivity index (χ0) is 12.3. The lowest BCUT2D eigenvalue weighted by atomic mass is 9.78. The Morgan fingerprint density at radius 2 is 1.07 bits per heavy atom. The Morgan fingerprint density at radius 3 is 1.20 bits per heavy atom. The molecule has 92 valence electrons. The van der Waals surface area contributed by atoms with Crippen LogP contribution in [0.3, 0.4) is 0 Å². The molecular formula is C14H31N. The highest BCUT2D eigenvalue weighted by atomic mass is 15.1. The predicted octanol–water partition coefficient (Wildman–Crippen LogP) is 4.23. The van der Waals surface area contributed by atoms with E-state index in [1.165, 1.54) is 12.8 Å². The van der Waals surface area contributed by atoms with Crippen LogP contribution in [0.25, 0.3) is 0 Å². The zero-order valence-electron chi connectivity index (χ0n) is 12.1. The lowest BCUT2D eigenvalue weighted by Gasteiger charge is -2.45. The standard InChI is InChI=1S/C14H31N/c1-9-13(7,11(3)4)15-14(8,10-2)12(5)6/h11-12,15H,9-10H2,1-8H3. The van der Waals surface area contributed by atoms with Gasteiger partial charge in [0.05, 0.1) is 0 Å². The molecule has 1 nitrogen and oxygen atoms in total. The third-order valence-electron chi connectivity index (χ3n) is 4.59. The topological polar surface area (TPSA) is 12.0 Å². The summed E-state index contributed by atoms with van der Waals surface area (Å²) in [6, 6.07) is 0. The summed E-state index contributed by atoms with van der Waals surface area (Å²) in [6.07, 6.45) is 2.37. The maximum absolute atomic E-state index is 3.91. The highest BCUT2D eigenvalue weighted by molar-refractivity contribution is 4.95. The average molecular weight is 213 g/mol. The van der Waals surface area contributed by atoms with Gasteiger partial charge in [-0.25, -0.2) is 0 Å². The normalized spacial score (nSPS) is 20.4. The third-order valence-corrected chi connectivity index (χ3v) is 4.59. The minimum atomic E-state index is 0.259. The van der Waals surface area contributed by atoms with Crippen LogP contribution in [0.4, 0.5) is 0 Å². The molecule has 0 rings (SSSR count). The molecule has 0 aliphatic carbocycles. The SMILES string of the molecule is CCC(C)(NC(C)(CC)C(C)C)C(C)C. The second-order valence-electron chi connectivity index (χ2n) is 5.98. The van der Waals surface area contributed by atoms with Crippen LogP contribution < -0.4 is 5.32 Å². The fourth-order valence-corrected chi connectivity index (χ4v) is 1.93. The molecule has 1 heteroatoms. The van der Waals surface area contributed by atoms with Gasteiger partial charge in [0.1, 0.15) is 0 Å². The Morgan fingerprint density at radius 1 is 0.800 bits per heavy atom. The molecule has 0 radical (unpaired) electrons. The molecule has 0 amide bonds.